The molecule has 0 aliphatic rings. The van der Waals surface area contributed by atoms with Crippen molar-refractivity contribution in [1.82, 2.24) is 25.0 Å². The molecule has 3 heterocycles. The lowest BCUT2D eigenvalue weighted by Crippen LogP contribution is -2.13. The molecule has 0 unspecified atom stereocenters. The number of thioether (sulfide) groups is 1. The molecule has 0 spiro atoms. The van der Waals surface area contributed by atoms with E-state index in [-0.39, 0.29) is 17.6 Å². The van der Waals surface area contributed by atoms with Gasteiger partial charge in [-0.15, -0.1) is 10.2 Å². The van der Waals surface area contributed by atoms with Gasteiger partial charge in [-0.1, -0.05) is 53.4 Å². The first-order valence-corrected chi connectivity index (χ1v) is 11.6. The highest BCUT2D eigenvalue weighted by Crippen LogP contribution is 2.29. The third-order valence-corrected chi connectivity index (χ3v) is 6.47. The Morgan fingerprint density at radius 2 is 2.00 bits per heavy atom. The van der Waals surface area contributed by atoms with Crippen LogP contribution in [0.4, 0.5) is 5.13 Å². The summed E-state index contributed by atoms with van der Waals surface area (Å²) in [6.07, 6.45) is 0. The van der Waals surface area contributed by atoms with Gasteiger partial charge in [0.05, 0.1) is 34.7 Å². The van der Waals surface area contributed by atoms with Crippen molar-refractivity contribution in [2.24, 2.45) is 7.05 Å². The van der Waals surface area contributed by atoms with E-state index in [1.807, 2.05) is 37.3 Å². The molecule has 0 saturated heterocycles. The van der Waals surface area contributed by atoms with Gasteiger partial charge in [-0.3, -0.25) is 19.6 Å². The van der Waals surface area contributed by atoms with Crippen LogP contribution in [0.2, 0.25) is 0 Å². The summed E-state index contributed by atoms with van der Waals surface area (Å²) in [5.41, 5.74) is 3.36. The zero-order valence-electron chi connectivity index (χ0n) is 17.7. The van der Waals surface area contributed by atoms with Gasteiger partial charge in [0.1, 0.15) is 0 Å². The topological polar surface area (TPSA) is 112 Å². The number of hydrogen-bond acceptors (Lipinski definition) is 9. The summed E-state index contributed by atoms with van der Waals surface area (Å²) in [6.45, 7) is 3.93. The van der Waals surface area contributed by atoms with Gasteiger partial charge in [0, 0.05) is 12.6 Å². The van der Waals surface area contributed by atoms with E-state index in [1.54, 1.807) is 24.7 Å². The largest absolute Gasteiger partial charge is 0.465 e. The van der Waals surface area contributed by atoms with Crippen LogP contribution in [0.1, 0.15) is 23.0 Å². The van der Waals surface area contributed by atoms with Crippen LogP contribution >= 0.6 is 23.1 Å². The monoisotopic (exact) mass is 468 g/mol. The molecule has 11 heteroatoms. The van der Waals surface area contributed by atoms with E-state index < -0.39 is 0 Å². The molecule has 164 valence electrons. The van der Waals surface area contributed by atoms with Gasteiger partial charge in [-0.05, 0) is 19.9 Å². The number of anilines is 1. The molecule has 3 aromatic heterocycles. The molecule has 4 aromatic rings. The highest BCUT2D eigenvalue weighted by atomic mass is 32.2. The number of pyridine rings is 1. The number of esters is 1. The Kier molecular flexibility index (Phi) is 6.47. The van der Waals surface area contributed by atoms with E-state index in [1.165, 1.54) is 23.1 Å². The third kappa shape index (κ3) is 4.63. The predicted molar refractivity (Wildman–Crippen MR) is 124 cm³/mol. The maximum Gasteiger partial charge on any atom is 0.316 e. The lowest BCUT2D eigenvalue weighted by Gasteiger charge is -2.08. The number of aromatic nitrogens is 5. The van der Waals surface area contributed by atoms with E-state index >= 15 is 0 Å². The Balaban J connectivity index is 1.62. The van der Waals surface area contributed by atoms with Crippen molar-refractivity contribution in [2.75, 3.05) is 17.7 Å². The number of hydrogen-bond donors (Lipinski definition) is 1. The highest BCUT2D eigenvalue weighted by molar-refractivity contribution is 8.01. The lowest BCUT2D eigenvalue weighted by atomic mass is 10.1. The molecule has 1 N–H and O–H groups in total. The summed E-state index contributed by atoms with van der Waals surface area (Å²) in [4.78, 5) is 29.5. The van der Waals surface area contributed by atoms with Crippen LogP contribution in [0.25, 0.3) is 22.3 Å². The van der Waals surface area contributed by atoms with Crippen molar-refractivity contribution in [3.05, 3.63) is 47.7 Å². The molecule has 4 rings (SSSR count). The predicted octanol–water partition coefficient (Wildman–Crippen LogP) is 3.70. The number of amides is 1. The molecule has 1 amide bonds. The number of nitrogens with zero attached hydrogens (tertiary/aromatic N) is 5. The van der Waals surface area contributed by atoms with Crippen molar-refractivity contribution in [2.45, 2.75) is 18.2 Å². The Morgan fingerprint density at radius 3 is 2.75 bits per heavy atom. The van der Waals surface area contributed by atoms with Gasteiger partial charge in [0.25, 0.3) is 5.91 Å². The zero-order chi connectivity index (χ0) is 22.7. The molecule has 0 radical (unpaired) electrons. The van der Waals surface area contributed by atoms with Gasteiger partial charge in [0.2, 0.25) is 5.13 Å². The summed E-state index contributed by atoms with van der Waals surface area (Å²) >= 11 is 2.41. The SMILES string of the molecule is CCOC(=O)CSc1nnc(NC(=O)c2cc(-c3ccccc3)nc3c2c(C)nn3C)s1. The van der Waals surface area contributed by atoms with E-state index in [9.17, 15) is 9.59 Å². The Morgan fingerprint density at radius 1 is 1.22 bits per heavy atom. The maximum absolute atomic E-state index is 13.2. The Hall–Kier alpha value is -3.31. The summed E-state index contributed by atoms with van der Waals surface area (Å²) < 4.78 is 7.14. The minimum absolute atomic E-state index is 0.136. The molecule has 0 fully saturated rings. The van der Waals surface area contributed by atoms with Crippen LogP contribution < -0.4 is 5.32 Å². The second-order valence-corrected chi connectivity index (χ2v) is 8.95. The molecule has 0 saturated carbocycles. The fourth-order valence-electron chi connectivity index (χ4n) is 3.19. The number of fused-ring (bicyclic) bond motifs is 1. The van der Waals surface area contributed by atoms with E-state index in [0.717, 1.165) is 5.56 Å². The molecule has 32 heavy (non-hydrogen) atoms. The molecule has 9 nitrogen and oxygen atoms in total. The van der Waals surface area contributed by atoms with E-state index in [2.05, 4.69) is 20.6 Å². The normalized spacial score (nSPS) is 11.0. The molecular weight excluding hydrogens is 448 g/mol. The fourth-order valence-corrected chi connectivity index (χ4v) is 4.73. The third-order valence-electron chi connectivity index (χ3n) is 4.53. The number of rotatable bonds is 7. The lowest BCUT2D eigenvalue weighted by molar-refractivity contribution is -0.139. The van der Waals surface area contributed by atoms with Crippen LogP contribution in [0.5, 0.6) is 0 Å². The van der Waals surface area contributed by atoms with Crippen molar-refractivity contribution in [1.29, 1.82) is 0 Å². The van der Waals surface area contributed by atoms with Gasteiger partial charge >= 0.3 is 5.97 Å². The molecule has 0 bridgehead atoms. The van der Waals surface area contributed by atoms with Crippen molar-refractivity contribution < 1.29 is 14.3 Å². The second kappa shape index (κ2) is 9.45. The van der Waals surface area contributed by atoms with Gasteiger partial charge in [-0.2, -0.15) is 5.10 Å². The van der Waals surface area contributed by atoms with Crippen molar-refractivity contribution in [3.8, 4) is 11.3 Å². The quantitative estimate of drug-likeness (QED) is 0.248. The smallest absolute Gasteiger partial charge is 0.316 e. The van der Waals surface area contributed by atoms with Gasteiger partial charge in [0.15, 0.2) is 9.99 Å². The van der Waals surface area contributed by atoms with Crippen LogP contribution in [0.15, 0.2) is 40.7 Å². The van der Waals surface area contributed by atoms with Crippen LogP contribution in [-0.4, -0.2) is 49.2 Å². The van der Waals surface area contributed by atoms with Crippen LogP contribution in [0.3, 0.4) is 0 Å². The minimum atomic E-state index is -0.330. The summed E-state index contributed by atoms with van der Waals surface area (Å²) in [5.74, 6) is -0.516. The minimum Gasteiger partial charge on any atom is -0.465 e. The number of nitrogens with one attached hydrogen (secondary N) is 1. The Bertz CT molecular complexity index is 1290. The molecule has 0 aliphatic heterocycles. The number of ether oxygens (including phenoxy) is 1. The number of benzene rings is 1. The molecular formula is C21H20N6O3S2. The van der Waals surface area contributed by atoms with Gasteiger partial charge in [-0.25, -0.2) is 4.98 Å². The maximum atomic E-state index is 13.2. The average Bonchev–Trinajstić information content (AvgIpc) is 3.36. The van der Waals surface area contributed by atoms with E-state index in [4.69, 9.17) is 9.72 Å². The van der Waals surface area contributed by atoms with Crippen LogP contribution in [0, 0.1) is 6.92 Å². The average molecular weight is 469 g/mol. The number of carbonyl (C=O) groups excluding carboxylic acids is 2. The molecule has 0 atom stereocenters. The number of carbonyl (C=O) groups is 2. The second-order valence-electron chi connectivity index (χ2n) is 6.75. The molecule has 0 aliphatic carbocycles. The number of aryl methyl sites for hydroxylation is 2. The van der Waals surface area contributed by atoms with Gasteiger partial charge < -0.3 is 4.74 Å². The Labute approximate surface area is 192 Å². The first-order chi connectivity index (χ1) is 15.5. The van der Waals surface area contributed by atoms with Crippen molar-refractivity contribution in [3.63, 3.8) is 0 Å². The van der Waals surface area contributed by atoms with Crippen molar-refractivity contribution >= 4 is 51.1 Å². The summed E-state index contributed by atoms with van der Waals surface area (Å²) in [7, 11) is 1.80. The summed E-state index contributed by atoms with van der Waals surface area (Å²) in [6, 6.07) is 11.4. The first kappa shape index (κ1) is 21.9. The molecule has 1 aromatic carbocycles. The van der Waals surface area contributed by atoms with Crippen LogP contribution in [-0.2, 0) is 16.6 Å². The standard InChI is InChI=1S/C21H20N6O3S2/c1-4-30-16(28)11-31-21-25-24-20(32-21)23-19(29)14-10-15(13-8-6-5-7-9-13)22-18-17(14)12(2)26-27(18)3/h5-10H,4,11H2,1-3H3,(H,23,24,29). The first-order valence-electron chi connectivity index (χ1n) is 9.79. The van der Waals surface area contributed by atoms with E-state index in [0.29, 0.717) is 44.1 Å². The zero-order valence-corrected chi connectivity index (χ0v) is 19.3. The summed E-state index contributed by atoms with van der Waals surface area (Å²) in [5, 5.41) is 16.3. The highest BCUT2D eigenvalue weighted by Gasteiger charge is 2.20. The fraction of sp³-hybridized carbons (Fsp3) is 0.238.